The first-order chi connectivity index (χ1) is 8.65. The Kier molecular flexibility index (Phi) is 4.88. The Hall–Kier alpha value is -1.19. The van der Waals surface area contributed by atoms with Gasteiger partial charge in [0.05, 0.1) is 17.9 Å². The van der Waals surface area contributed by atoms with Crippen molar-refractivity contribution in [3.05, 3.63) is 29.6 Å². The van der Waals surface area contributed by atoms with Crippen LogP contribution in [0.25, 0.3) is 0 Å². The van der Waals surface area contributed by atoms with Crippen molar-refractivity contribution in [2.45, 2.75) is 24.1 Å². The van der Waals surface area contributed by atoms with Crippen LogP contribution in [0.4, 0.5) is 17.6 Å². The minimum absolute atomic E-state index is 0.251. The highest BCUT2D eigenvalue weighted by Crippen LogP contribution is 2.19. The average Bonchev–Trinajstić information content (AvgIpc) is 2.27. The fraction of sp³-hybridized carbons (Fsp3) is 0.400. The first-order valence-electron chi connectivity index (χ1n) is 5.11. The number of rotatable bonds is 5. The Bertz CT molecular complexity index is 542. The number of aliphatic hydroxyl groups is 1. The molecule has 0 aliphatic rings. The minimum Gasteiger partial charge on any atom is -0.392 e. The van der Waals surface area contributed by atoms with Gasteiger partial charge in [0.25, 0.3) is 0 Å². The fourth-order valence-electron chi connectivity index (χ4n) is 1.25. The van der Waals surface area contributed by atoms with Crippen molar-refractivity contribution >= 4 is 10.0 Å². The van der Waals surface area contributed by atoms with Crippen LogP contribution in [0.5, 0.6) is 0 Å². The number of alkyl halides is 3. The topological polar surface area (TPSA) is 66.4 Å². The zero-order valence-corrected chi connectivity index (χ0v) is 10.4. The van der Waals surface area contributed by atoms with Gasteiger partial charge in [0.15, 0.2) is 0 Å². The molecule has 0 saturated carbocycles. The third-order valence-electron chi connectivity index (χ3n) is 2.20. The van der Waals surface area contributed by atoms with Crippen LogP contribution >= 0.6 is 0 Å². The van der Waals surface area contributed by atoms with Gasteiger partial charge in [-0.2, -0.15) is 13.2 Å². The summed E-state index contributed by atoms with van der Waals surface area (Å²) < 4.78 is 73.7. The van der Waals surface area contributed by atoms with Crippen LogP contribution in [0.1, 0.15) is 12.0 Å². The Balaban J connectivity index is 2.83. The maximum atomic E-state index is 13.0. The van der Waals surface area contributed by atoms with Crippen LogP contribution < -0.4 is 4.72 Å². The molecule has 2 N–H and O–H groups in total. The molecule has 0 unspecified atom stereocenters. The highest BCUT2D eigenvalue weighted by molar-refractivity contribution is 7.89. The van der Waals surface area contributed by atoms with E-state index in [1.54, 1.807) is 4.72 Å². The van der Waals surface area contributed by atoms with Gasteiger partial charge in [0.1, 0.15) is 5.82 Å². The lowest BCUT2D eigenvalue weighted by atomic mass is 10.2. The molecule has 0 aromatic heterocycles. The number of aliphatic hydroxyl groups excluding tert-OH is 1. The molecule has 108 valence electrons. The molecule has 0 heterocycles. The van der Waals surface area contributed by atoms with E-state index < -0.39 is 46.5 Å². The summed E-state index contributed by atoms with van der Waals surface area (Å²) in [6, 6.07) is 2.60. The molecule has 0 radical (unpaired) electrons. The minimum atomic E-state index is -4.47. The highest BCUT2D eigenvalue weighted by Gasteiger charge is 2.27. The number of hydrogen-bond donors (Lipinski definition) is 2. The summed E-state index contributed by atoms with van der Waals surface area (Å²) in [5, 5.41) is 8.79. The standard InChI is InChI=1S/C10H11F4NO3S/c11-9-2-1-8(5-7(9)6-16)19(17,18)15-4-3-10(12,13)14/h1-2,5,15-16H,3-4,6H2. The van der Waals surface area contributed by atoms with Crippen molar-refractivity contribution in [3.63, 3.8) is 0 Å². The Morgan fingerprint density at radius 2 is 1.89 bits per heavy atom. The normalized spacial score (nSPS) is 12.7. The molecular formula is C10H11F4NO3S. The van der Waals surface area contributed by atoms with Crippen molar-refractivity contribution < 1.29 is 31.1 Å². The second-order valence-corrected chi connectivity index (χ2v) is 5.44. The van der Waals surface area contributed by atoms with Crippen molar-refractivity contribution in [1.29, 1.82) is 0 Å². The van der Waals surface area contributed by atoms with Gasteiger partial charge in [-0.15, -0.1) is 0 Å². The molecule has 1 aromatic rings. The molecular weight excluding hydrogens is 290 g/mol. The lowest BCUT2D eigenvalue weighted by molar-refractivity contribution is -0.132. The van der Waals surface area contributed by atoms with Crippen LogP contribution in [0.15, 0.2) is 23.1 Å². The molecule has 0 amide bonds. The lowest BCUT2D eigenvalue weighted by Crippen LogP contribution is -2.28. The van der Waals surface area contributed by atoms with E-state index in [0.717, 1.165) is 18.2 Å². The van der Waals surface area contributed by atoms with Gasteiger partial charge in [0.2, 0.25) is 10.0 Å². The van der Waals surface area contributed by atoms with Crippen LogP contribution in [0.2, 0.25) is 0 Å². The number of nitrogens with one attached hydrogen (secondary N) is 1. The number of hydrogen-bond acceptors (Lipinski definition) is 3. The molecule has 4 nitrogen and oxygen atoms in total. The first kappa shape index (κ1) is 15.9. The molecule has 0 bridgehead atoms. The predicted octanol–water partition coefficient (Wildman–Crippen LogP) is 1.55. The van der Waals surface area contributed by atoms with Crippen LogP contribution in [-0.2, 0) is 16.6 Å². The van der Waals surface area contributed by atoms with E-state index in [1.807, 2.05) is 0 Å². The van der Waals surface area contributed by atoms with Crippen molar-refractivity contribution in [2.75, 3.05) is 6.54 Å². The molecule has 0 saturated heterocycles. The maximum absolute atomic E-state index is 13.0. The van der Waals surface area contributed by atoms with Crippen molar-refractivity contribution in [1.82, 2.24) is 4.72 Å². The maximum Gasteiger partial charge on any atom is 0.390 e. The average molecular weight is 301 g/mol. The summed E-state index contributed by atoms with van der Waals surface area (Å²) in [7, 11) is -4.16. The van der Waals surface area contributed by atoms with E-state index >= 15 is 0 Å². The van der Waals surface area contributed by atoms with E-state index in [4.69, 9.17) is 5.11 Å². The molecule has 0 atom stereocenters. The zero-order valence-electron chi connectivity index (χ0n) is 9.54. The SMILES string of the molecule is O=S(=O)(NCCC(F)(F)F)c1ccc(F)c(CO)c1. The quantitative estimate of drug-likeness (QED) is 0.811. The van der Waals surface area contributed by atoms with Gasteiger partial charge < -0.3 is 5.11 Å². The number of halogens is 4. The number of sulfonamides is 1. The second-order valence-electron chi connectivity index (χ2n) is 3.67. The van der Waals surface area contributed by atoms with Crippen LogP contribution in [-0.4, -0.2) is 26.2 Å². The third kappa shape index (κ3) is 4.77. The summed E-state index contributed by atoms with van der Waals surface area (Å²) in [5.41, 5.74) is -0.251. The molecule has 0 fully saturated rings. The van der Waals surface area contributed by atoms with Gasteiger partial charge in [-0.3, -0.25) is 0 Å². The lowest BCUT2D eigenvalue weighted by Gasteiger charge is -2.09. The van der Waals surface area contributed by atoms with E-state index in [1.165, 1.54) is 0 Å². The van der Waals surface area contributed by atoms with Crippen LogP contribution in [0.3, 0.4) is 0 Å². The van der Waals surface area contributed by atoms with E-state index in [2.05, 4.69) is 0 Å². The summed E-state index contributed by atoms with van der Waals surface area (Å²) in [6.07, 6.45) is -5.78. The summed E-state index contributed by atoms with van der Waals surface area (Å²) in [4.78, 5) is -0.403. The summed E-state index contributed by atoms with van der Waals surface area (Å²) >= 11 is 0. The Labute approximate surface area is 107 Å². The van der Waals surface area contributed by atoms with E-state index in [-0.39, 0.29) is 5.56 Å². The smallest absolute Gasteiger partial charge is 0.390 e. The van der Waals surface area contributed by atoms with Gasteiger partial charge in [-0.1, -0.05) is 0 Å². The van der Waals surface area contributed by atoms with E-state index in [0.29, 0.717) is 0 Å². The fourth-order valence-corrected chi connectivity index (χ4v) is 2.33. The molecule has 19 heavy (non-hydrogen) atoms. The Morgan fingerprint density at radius 1 is 1.26 bits per heavy atom. The van der Waals surface area contributed by atoms with Gasteiger partial charge in [0, 0.05) is 12.1 Å². The van der Waals surface area contributed by atoms with Crippen LogP contribution in [0, 0.1) is 5.82 Å². The Morgan fingerprint density at radius 3 is 2.42 bits per heavy atom. The molecule has 0 spiro atoms. The highest BCUT2D eigenvalue weighted by atomic mass is 32.2. The molecule has 0 aliphatic heterocycles. The van der Waals surface area contributed by atoms with E-state index in [9.17, 15) is 26.0 Å². The van der Waals surface area contributed by atoms with Gasteiger partial charge in [-0.25, -0.2) is 17.5 Å². The molecule has 0 aliphatic carbocycles. The molecule has 1 rings (SSSR count). The van der Waals surface area contributed by atoms with Gasteiger partial charge in [-0.05, 0) is 18.2 Å². The largest absolute Gasteiger partial charge is 0.392 e. The molecule has 9 heteroatoms. The summed E-state index contributed by atoms with van der Waals surface area (Å²) in [5.74, 6) is -0.795. The first-order valence-corrected chi connectivity index (χ1v) is 6.60. The monoisotopic (exact) mass is 301 g/mol. The molecule has 1 aromatic carbocycles. The van der Waals surface area contributed by atoms with Gasteiger partial charge >= 0.3 is 6.18 Å². The second kappa shape index (κ2) is 5.85. The number of benzene rings is 1. The zero-order chi connectivity index (χ0) is 14.7. The van der Waals surface area contributed by atoms with Crippen molar-refractivity contribution in [2.24, 2.45) is 0 Å². The summed E-state index contributed by atoms with van der Waals surface area (Å²) in [6.45, 7) is -1.52. The predicted molar refractivity (Wildman–Crippen MR) is 58.2 cm³/mol. The van der Waals surface area contributed by atoms with Crippen molar-refractivity contribution in [3.8, 4) is 0 Å². The third-order valence-corrected chi connectivity index (χ3v) is 3.66.